The van der Waals surface area contributed by atoms with E-state index in [0.29, 0.717) is 37.7 Å². The zero-order valence-electron chi connectivity index (χ0n) is 21.8. The van der Waals surface area contributed by atoms with Crippen molar-refractivity contribution < 1.29 is 24.2 Å². The number of hydrogen-bond donors (Lipinski definition) is 1. The number of ketones is 1. The molecular formula is C30H24ClN3O5S2. The van der Waals surface area contributed by atoms with Gasteiger partial charge in [-0.25, -0.2) is 0 Å². The molecule has 5 rings (SSSR count). The summed E-state index contributed by atoms with van der Waals surface area (Å²) in [6.45, 7) is 3.95. The lowest BCUT2D eigenvalue weighted by atomic mass is 9.95. The second-order valence-corrected chi connectivity index (χ2v) is 11.4. The van der Waals surface area contributed by atoms with Gasteiger partial charge in [-0.1, -0.05) is 77.7 Å². The third kappa shape index (κ3) is 6.00. The van der Waals surface area contributed by atoms with E-state index in [1.807, 2.05) is 24.3 Å². The Morgan fingerprint density at radius 1 is 1.10 bits per heavy atom. The minimum Gasteiger partial charge on any atom is -0.507 e. The maximum absolute atomic E-state index is 13.5. The number of aliphatic hydroxyl groups is 1. The number of Topliss-reactive ketones (excluding diaryl/α,β-unsaturated/α-hetero) is 1. The molecule has 1 unspecified atom stereocenters. The van der Waals surface area contributed by atoms with Gasteiger partial charge in [0.15, 0.2) is 4.34 Å². The summed E-state index contributed by atoms with van der Waals surface area (Å²) in [7, 11) is 1.53. The third-order valence-electron chi connectivity index (χ3n) is 6.26. The maximum atomic E-state index is 13.5. The zero-order valence-corrected chi connectivity index (χ0v) is 24.2. The molecule has 8 nitrogen and oxygen atoms in total. The van der Waals surface area contributed by atoms with Gasteiger partial charge in [0.25, 0.3) is 5.78 Å². The molecule has 11 heteroatoms. The molecule has 1 aliphatic rings. The van der Waals surface area contributed by atoms with Gasteiger partial charge in [-0.2, -0.15) is 0 Å². The van der Waals surface area contributed by atoms with Crippen molar-refractivity contribution in [2.24, 2.45) is 0 Å². The minimum absolute atomic E-state index is 0.0680. The number of thioether (sulfide) groups is 1. The highest BCUT2D eigenvalue weighted by atomic mass is 35.5. The van der Waals surface area contributed by atoms with E-state index in [1.54, 1.807) is 54.6 Å². The standard InChI is InChI=1S/C30H24ClN3O5S2/c1-3-15-39-22-9-6-8-19(16-22)25-24(26(35)18-11-13-21(38-2)14-12-18)27(36)28(37)34(25)29-32-33-30(41-29)40-17-20-7-4-5-10-23(20)31/h3-14,16,25,35H,1,15,17H2,2H3. The van der Waals surface area contributed by atoms with Crippen LogP contribution in [0.3, 0.4) is 0 Å². The van der Waals surface area contributed by atoms with Crippen LogP contribution in [0, 0.1) is 0 Å². The molecule has 0 saturated carbocycles. The number of aromatic nitrogens is 2. The Kier molecular flexibility index (Phi) is 8.72. The molecule has 4 aromatic rings. The summed E-state index contributed by atoms with van der Waals surface area (Å²) in [6, 6.07) is 20.1. The zero-order chi connectivity index (χ0) is 28.9. The Bertz CT molecular complexity index is 1640. The molecule has 2 heterocycles. The Morgan fingerprint density at radius 3 is 2.61 bits per heavy atom. The van der Waals surface area contributed by atoms with Gasteiger partial charge >= 0.3 is 5.91 Å². The van der Waals surface area contributed by atoms with Crippen LogP contribution in [0.4, 0.5) is 5.13 Å². The monoisotopic (exact) mass is 605 g/mol. The van der Waals surface area contributed by atoms with E-state index in [-0.39, 0.29) is 23.1 Å². The number of benzene rings is 3. The summed E-state index contributed by atoms with van der Waals surface area (Å²) in [6.07, 6.45) is 1.62. The number of amides is 1. The summed E-state index contributed by atoms with van der Waals surface area (Å²) >= 11 is 8.89. The van der Waals surface area contributed by atoms with Gasteiger partial charge in [0.1, 0.15) is 23.9 Å². The fourth-order valence-corrected chi connectivity index (χ4v) is 6.45. The van der Waals surface area contributed by atoms with Gasteiger partial charge in [-0.15, -0.1) is 10.2 Å². The Hall–Kier alpha value is -4.12. The Balaban J connectivity index is 1.55. The lowest BCUT2D eigenvalue weighted by molar-refractivity contribution is -0.132. The molecule has 1 atom stereocenters. The molecule has 0 spiro atoms. The summed E-state index contributed by atoms with van der Waals surface area (Å²) < 4.78 is 11.5. The van der Waals surface area contributed by atoms with Gasteiger partial charge in [-0.3, -0.25) is 14.5 Å². The number of hydrogen-bond acceptors (Lipinski definition) is 9. The van der Waals surface area contributed by atoms with E-state index < -0.39 is 17.7 Å². The van der Waals surface area contributed by atoms with Gasteiger partial charge in [-0.05, 0) is 53.6 Å². The first kappa shape index (κ1) is 28.4. The number of halogens is 1. The quantitative estimate of drug-likeness (QED) is 0.0533. The van der Waals surface area contributed by atoms with E-state index in [0.717, 1.165) is 5.56 Å². The van der Waals surface area contributed by atoms with Crippen molar-refractivity contribution in [1.82, 2.24) is 10.2 Å². The van der Waals surface area contributed by atoms with Gasteiger partial charge < -0.3 is 14.6 Å². The van der Waals surface area contributed by atoms with E-state index in [9.17, 15) is 14.7 Å². The summed E-state index contributed by atoms with van der Waals surface area (Å²) in [5.41, 5.74) is 1.79. The van der Waals surface area contributed by atoms with E-state index in [1.165, 1.54) is 35.1 Å². The maximum Gasteiger partial charge on any atom is 0.301 e. The second-order valence-electron chi connectivity index (χ2n) is 8.80. The number of carbonyl (C=O) groups excluding carboxylic acids is 2. The van der Waals surface area contributed by atoms with Crippen molar-refractivity contribution in [3.63, 3.8) is 0 Å². The fraction of sp³-hybridized carbons (Fsp3) is 0.133. The van der Waals surface area contributed by atoms with Crippen LogP contribution >= 0.6 is 34.7 Å². The Labute approximate surface area is 249 Å². The van der Waals surface area contributed by atoms with Crippen molar-refractivity contribution in [2.75, 3.05) is 18.6 Å². The van der Waals surface area contributed by atoms with Crippen LogP contribution in [0.1, 0.15) is 22.7 Å². The first-order chi connectivity index (χ1) is 19.9. The lowest BCUT2D eigenvalue weighted by Gasteiger charge is -2.23. The minimum atomic E-state index is -0.973. The SMILES string of the molecule is C=CCOc1cccc(C2C(=C(O)c3ccc(OC)cc3)C(=O)C(=O)N2c2nnc(SCc3ccccc3Cl)s2)c1. The molecule has 41 heavy (non-hydrogen) atoms. The Morgan fingerprint density at radius 2 is 1.88 bits per heavy atom. The number of methoxy groups -OCH3 is 1. The lowest BCUT2D eigenvalue weighted by Crippen LogP contribution is -2.29. The molecule has 208 valence electrons. The van der Waals surface area contributed by atoms with Gasteiger partial charge in [0.2, 0.25) is 5.13 Å². The smallest absolute Gasteiger partial charge is 0.301 e. The van der Waals surface area contributed by atoms with Crippen molar-refractivity contribution in [3.05, 3.63) is 113 Å². The molecule has 0 aliphatic carbocycles. The van der Waals surface area contributed by atoms with Crippen molar-refractivity contribution >= 4 is 57.3 Å². The number of ether oxygens (including phenoxy) is 2. The first-order valence-corrected chi connectivity index (χ1v) is 14.6. The first-order valence-electron chi connectivity index (χ1n) is 12.4. The topological polar surface area (TPSA) is 102 Å². The van der Waals surface area contributed by atoms with Crippen molar-refractivity contribution in [3.8, 4) is 11.5 Å². The van der Waals surface area contributed by atoms with Crippen LogP contribution in [0.2, 0.25) is 5.02 Å². The molecule has 3 aromatic carbocycles. The second kappa shape index (κ2) is 12.6. The van der Waals surface area contributed by atoms with Crippen LogP contribution in [-0.2, 0) is 15.3 Å². The molecule has 1 aromatic heterocycles. The summed E-state index contributed by atoms with van der Waals surface area (Å²) in [5, 5.41) is 20.7. The van der Waals surface area contributed by atoms with Gasteiger partial charge in [0, 0.05) is 16.3 Å². The molecule has 0 bridgehead atoms. The fourth-order valence-electron chi connectivity index (χ4n) is 4.29. The van der Waals surface area contributed by atoms with E-state index >= 15 is 0 Å². The predicted molar refractivity (Wildman–Crippen MR) is 161 cm³/mol. The van der Waals surface area contributed by atoms with Crippen LogP contribution in [0.25, 0.3) is 5.76 Å². The number of rotatable bonds is 10. The van der Waals surface area contributed by atoms with E-state index in [2.05, 4.69) is 16.8 Å². The largest absolute Gasteiger partial charge is 0.507 e. The molecule has 1 fully saturated rings. The van der Waals surface area contributed by atoms with Crippen molar-refractivity contribution in [2.45, 2.75) is 16.1 Å². The highest BCUT2D eigenvalue weighted by molar-refractivity contribution is 8.00. The number of nitrogens with zero attached hydrogens (tertiary/aromatic N) is 3. The molecule has 0 radical (unpaired) electrons. The number of carbonyl (C=O) groups is 2. The third-order valence-corrected chi connectivity index (χ3v) is 8.73. The number of anilines is 1. The summed E-state index contributed by atoms with van der Waals surface area (Å²) in [5.74, 6) is -0.306. The summed E-state index contributed by atoms with van der Waals surface area (Å²) in [4.78, 5) is 28.3. The highest BCUT2D eigenvalue weighted by Crippen LogP contribution is 2.44. The van der Waals surface area contributed by atoms with Gasteiger partial charge in [0.05, 0.1) is 18.7 Å². The van der Waals surface area contributed by atoms with Crippen LogP contribution < -0.4 is 14.4 Å². The molecule has 1 saturated heterocycles. The molecule has 1 N–H and O–H groups in total. The number of aliphatic hydroxyl groups excluding tert-OH is 1. The molecule has 1 amide bonds. The van der Waals surface area contributed by atoms with Crippen molar-refractivity contribution in [1.29, 1.82) is 0 Å². The molecular weight excluding hydrogens is 582 g/mol. The highest BCUT2D eigenvalue weighted by Gasteiger charge is 2.48. The average molecular weight is 606 g/mol. The predicted octanol–water partition coefficient (Wildman–Crippen LogP) is 6.68. The van der Waals surface area contributed by atoms with Crippen LogP contribution in [0.15, 0.2) is 95.4 Å². The van der Waals surface area contributed by atoms with E-state index in [4.69, 9.17) is 21.1 Å². The van der Waals surface area contributed by atoms with Crippen LogP contribution in [-0.4, -0.2) is 40.7 Å². The molecule has 1 aliphatic heterocycles. The average Bonchev–Trinajstić information content (AvgIpc) is 3.57. The normalized spacial score (nSPS) is 16.1. The van der Waals surface area contributed by atoms with Crippen LogP contribution in [0.5, 0.6) is 11.5 Å².